The largest absolute Gasteiger partial charge is 0.396 e. The third-order valence-corrected chi connectivity index (χ3v) is 9.79. The Morgan fingerprint density at radius 3 is 1.28 bits per heavy atom. The fourth-order valence-electron chi connectivity index (χ4n) is 6.31. The third-order valence-electron chi connectivity index (χ3n) is 9.79. The van der Waals surface area contributed by atoms with Crippen molar-refractivity contribution >= 4 is 5.78 Å². The molecule has 0 fully saturated rings. The second-order valence-electron chi connectivity index (χ2n) is 14.7. The van der Waals surface area contributed by atoms with Crippen molar-refractivity contribution in [3.05, 3.63) is 0 Å². The second kappa shape index (κ2) is 51.3. The Bertz CT molecular complexity index is 590. The average molecular weight is 884 g/mol. The molecule has 0 saturated carbocycles. The smallest absolute Gasteiger partial charge is 0.135 e. The Morgan fingerprint density at radius 1 is 0.460 bits per heavy atom. The van der Waals surface area contributed by atoms with Crippen molar-refractivity contribution in [1.29, 1.82) is 0 Å². The zero-order valence-corrected chi connectivity index (χ0v) is 37.9. The number of nitrogens with zero attached hydrogens (tertiary/aromatic N) is 1. The predicted molar refractivity (Wildman–Crippen MR) is 218 cm³/mol. The van der Waals surface area contributed by atoms with Crippen LogP contribution in [0.2, 0.25) is 0 Å². The minimum atomic E-state index is -0.0250. The third kappa shape index (κ3) is 48.2. The summed E-state index contributed by atoms with van der Waals surface area (Å²) in [6, 6.07) is 0. The van der Waals surface area contributed by atoms with Gasteiger partial charge in [0.1, 0.15) is 5.78 Å². The van der Waals surface area contributed by atoms with E-state index in [9.17, 15) is 9.90 Å². The van der Waals surface area contributed by atoms with Gasteiger partial charge in [0, 0.05) is 46.6 Å². The van der Waals surface area contributed by atoms with Gasteiger partial charge in [-0.3, -0.25) is 4.79 Å². The van der Waals surface area contributed by atoms with Gasteiger partial charge in [0.15, 0.2) is 0 Å². The molecular formula is C44H93NO4W. The van der Waals surface area contributed by atoms with E-state index in [-0.39, 0.29) is 46.3 Å². The molecule has 0 radical (unpaired) electrons. The van der Waals surface area contributed by atoms with Crippen LogP contribution < -0.4 is 0 Å². The zero-order valence-electron chi connectivity index (χ0n) is 35.0. The zero-order chi connectivity index (χ0) is 37.1. The van der Waals surface area contributed by atoms with Gasteiger partial charge in [-0.05, 0) is 64.5 Å². The van der Waals surface area contributed by atoms with Gasteiger partial charge in [0.25, 0.3) is 0 Å². The van der Waals surface area contributed by atoms with Crippen LogP contribution in [0.3, 0.4) is 0 Å². The van der Waals surface area contributed by atoms with Gasteiger partial charge in [-0.2, -0.15) is 0 Å². The minimum Gasteiger partial charge on any atom is -0.396 e. The van der Waals surface area contributed by atoms with Crippen LogP contribution in [0.25, 0.3) is 0 Å². The topological polar surface area (TPSA) is 81.0 Å². The number of ketones is 1. The molecule has 0 aliphatic heterocycles. The van der Waals surface area contributed by atoms with Gasteiger partial charge < -0.3 is 20.2 Å². The van der Waals surface area contributed by atoms with Crippen molar-refractivity contribution in [2.75, 3.05) is 32.8 Å². The molecule has 0 aromatic rings. The van der Waals surface area contributed by atoms with E-state index >= 15 is 0 Å². The number of hydrogen-bond acceptors (Lipinski definition) is 5. The van der Waals surface area contributed by atoms with E-state index in [1.807, 2.05) is 0 Å². The first-order valence-corrected chi connectivity index (χ1v) is 22.1. The standard InChI is InChI=1S/C23H47NO3.C15H32O.C6H14.W/c1-3-5-6-7-8-10-15-22(4-2)23(27)16-11-9-12-17-24(19-21-26)18-13-14-20-25;1-3-5-7-9-10-12-14-15(16)13-11-8-6-4-2;1-3-5-6-4-2;/h22,25-26H,3-21H2,1-2H3;15-16H,3-14H2,1-2H3;3-6H2,1-2H3;. The Balaban J connectivity index is -0.000000388. The van der Waals surface area contributed by atoms with Crippen molar-refractivity contribution in [1.82, 2.24) is 4.90 Å². The molecule has 0 bridgehead atoms. The first-order valence-electron chi connectivity index (χ1n) is 22.1. The maximum atomic E-state index is 12.4. The molecule has 2 atom stereocenters. The van der Waals surface area contributed by atoms with Crippen molar-refractivity contribution in [2.45, 2.75) is 240 Å². The van der Waals surface area contributed by atoms with E-state index in [1.165, 1.54) is 128 Å². The van der Waals surface area contributed by atoms with Crippen LogP contribution in [0.4, 0.5) is 0 Å². The van der Waals surface area contributed by atoms with E-state index in [0.717, 1.165) is 77.3 Å². The molecule has 0 aromatic carbocycles. The number of rotatable bonds is 36. The summed E-state index contributed by atoms with van der Waals surface area (Å²) < 4.78 is 0. The number of aliphatic hydroxyl groups excluding tert-OH is 3. The summed E-state index contributed by atoms with van der Waals surface area (Å²) in [5, 5.41) is 27.8. The van der Waals surface area contributed by atoms with Crippen molar-refractivity contribution < 1.29 is 41.2 Å². The molecule has 6 heteroatoms. The van der Waals surface area contributed by atoms with Gasteiger partial charge in [0.2, 0.25) is 0 Å². The van der Waals surface area contributed by atoms with Crippen LogP contribution in [0.5, 0.6) is 0 Å². The molecule has 304 valence electrons. The molecule has 2 unspecified atom stereocenters. The summed E-state index contributed by atoms with van der Waals surface area (Å²) in [7, 11) is 0. The fourth-order valence-corrected chi connectivity index (χ4v) is 6.31. The van der Waals surface area contributed by atoms with E-state index < -0.39 is 0 Å². The summed E-state index contributed by atoms with van der Waals surface area (Å²) in [5.41, 5.74) is 0. The number of carbonyl (C=O) groups is 1. The molecule has 0 aliphatic carbocycles. The number of hydrogen-bond donors (Lipinski definition) is 3. The van der Waals surface area contributed by atoms with Crippen molar-refractivity contribution in [2.24, 2.45) is 5.92 Å². The fraction of sp³-hybridized carbons (Fsp3) is 0.977. The van der Waals surface area contributed by atoms with Gasteiger partial charge in [0.05, 0.1) is 12.7 Å². The van der Waals surface area contributed by atoms with E-state index in [0.29, 0.717) is 12.3 Å². The number of aliphatic hydroxyl groups is 3. The second-order valence-corrected chi connectivity index (χ2v) is 14.7. The van der Waals surface area contributed by atoms with E-state index in [2.05, 4.69) is 46.4 Å². The number of Topliss-reactive ketones (excluding diaryl/α,β-unsaturated/α-hetero) is 1. The molecule has 0 amide bonds. The van der Waals surface area contributed by atoms with Crippen LogP contribution in [0.1, 0.15) is 234 Å². The van der Waals surface area contributed by atoms with Crippen LogP contribution in [0, 0.1) is 5.92 Å². The van der Waals surface area contributed by atoms with Gasteiger partial charge >= 0.3 is 0 Å². The molecule has 0 aliphatic rings. The summed E-state index contributed by atoms with van der Waals surface area (Å²) in [5.74, 6) is 0.752. The number of carbonyl (C=O) groups excluding carboxylic acids is 1. The van der Waals surface area contributed by atoms with Crippen molar-refractivity contribution in [3.63, 3.8) is 0 Å². The summed E-state index contributed by atoms with van der Waals surface area (Å²) in [6.45, 7) is 16.4. The average Bonchev–Trinajstić information content (AvgIpc) is 3.10. The normalized spacial score (nSPS) is 12.0. The molecule has 0 heterocycles. The monoisotopic (exact) mass is 884 g/mol. The van der Waals surface area contributed by atoms with Crippen LogP contribution >= 0.6 is 0 Å². The van der Waals surface area contributed by atoms with Crippen LogP contribution in [-0.4, -0.2) is 65.0 Å². The maximum absolute atomic E-state index is 12.4. The van der Waals surface area contributed by atoms with Crippen molar-refractivity contribution in [3.8, 4) is 0 Å². The molecule has 50 heavy (non-hydrogen) atoms. The molecule has 0 aromatic heterocycles. The Morgan fingerprint density at radius 2 is 0.840 bits per heavy atom. The molecule has 0 spiro atoms. The molecule has 3 N–H and O–H groups in total. The van der Waals surface area contributed by atoms with Gasteiger partial charge in [-0.15, -0.1) is 0 Å². The molecular weight excluding hydrogens is 790 g/mol. The Kier molecular flexibility index (Phi) is 58.4. The summed E-state index contributed by atoms with van der Waals surface area (Å²) in [4.78, 5) is 14.7. The predicted octanol–water partition coefficient (Wildman–Crippen LogP) is 12.6. The van der Waals surface area contributed by atoms with Gasteiger partial charge in [-0.25, -0.2) is 0 Å². The Labute approximate surface area is 329 Å². The number of unbranched alkanes of at least 4 members (excludes halogenated alkanes) is 19. The first-order chi connectivity index (χ1) is 23.9. The van der Waals surface area contributed by atoms with Crippen LogP contribution in [0.15, 0.2) is 0 Å². The first kappa shape index (κ1) is 56.9. The Hall–Kier alpha value is 0.198. The maximum Gasteiger partial charge on any atom is 0.135 e. The van der Waals surface area contributed by atoms with Crippen LogP contribution in [-0.2, 0) is 25.9 Å². The van der Waals surface area contributed by atoms with E-state index in [1.54, 1.807) is 0 Å². The van der Waals surface area contributed by atoms with Gasteiger partial charge in [-0.1, -0.05) is 176 Å². The molecule has 5 nitrogen and oxygen atoms in total. The summed E-state index contributed by atoms with van der Waals surface area (Å²) in [6.07, 6.45) is 36.2. The quantitative estimate of drug-likeness (QED) is 0.0546. The SMILES string of the molecule is CCCCCC.CCCCCCCCC(CC)C(=O)CCCCCN(CCO)CCCCO.CCCCCCCCC(O)CCCCCC.[W]. The van der Waals surface area contributed by atoms with E-state index in [4.69, 9.17) is 10.2 Å². The molecule has 0 saturated heterocycles. The molecule has 0 rings (SSSR count). The minimum absolute atomic E-state index is 0. The summed E-state index contributed by atoms with van der Waals surface area (Å²) >= 11 is 0.